The van der Waals surface area contributed by atoms with E-state index in [2.05, 4.69) is 17.8 Å². The molecule has 0 radical (unpaired) electrons. The van der Waals surface area contributed by atoms with Crippen molar-refractivity contribution in [1.82, 2.24) is 10.9 Å². The van der Waals surface area contributed by atoms with E-state index < -0.39 is 17.7 Å². The first-order valence-corrected chi connectivity index (χ1v) is 9.64. The van der Waals surface area contributed by atoms with Gasteiger partial charge in [-0.1, -0.05) is 37.3 Å². The molecule has 0 bridgehead atoms. The van der Waals surface area contributed by atoms with Crippen molar-refractivity contribution in [2.75, 3.05) is 18.1 Å². The zero-order valence-electron chi connectivity index (χ0n) is 16.6. The normalized spacial score (nSPS) is 15.9. The fourth-order valence-electron chi connectivity index (χ4n) is 3.18. The van der Waals surface area contributed by atoms with Gasteiger partial charge in [0.05, 0.1) is 5.92 Å². The van der Waals surface area contributed by atoms with Gasteiger partial charge in [0.15, 0.2) is 6.61 Å². The van der Waals surface area contributed by atoms with Gasteiger partial charge in [0.1, 0.15) is 5.75 Å². The van der Waals surface area contributed by atoms with Gasteiger partial charge >= 0.3 is 0 Å². The highest BCUT2D eigenvalue weighted by Crippen LogP contribution is 2.25. The van der Waals surface area contributed by atoms with Crippen molar-refractivity contribution in [2.24, 2.45) is 5.92 Å². The van der Waals surface area contributed by atoms with E-state index in [1.54, 1.807) is 11.0 Å². The number of hydrogen-bond donors (Lipinski definition) is 2. The van der Waals surface area contributed by atoms with Crippen LogP contribution in [0.3, 0.4) is 0 Å². The maximum Gasteiger partial charge on any atom is 0.276 e. The van der Waals surface area contributed by atoms with E-state index in [0.717, 1.165) is 17.7 Å². The quantitative estimate of drug-likeness (QED) is 0.734. The summed E-state index contributed by atoms with van der Waals surface area (Å²) in [6, 6.07) is 15.1. The van der Waals surface area contributed by atoms with E-state index in [-0.39, 0.29) is 25.5 Å². The highest BCUT2D eigenvalue weighted by molar-refractivity contribution is 6.00. The minimum Gasteiger partial charge on any atom is -0.483 e. The summed E-state index contributed by atoms with van der Waals surface area (Å²) < 4.78 is 5.44. The number of para-hydroxylation sites is 1. The Morgan fingerprint density at radius 2 is 1.83 bits per heavy atom. The summed E-state index contributed by atoms with van der Waals surface area (Å²) in [6.07, 6.45) is 1.03. The SMILES string of the molecule is CCc1ccc(N2C[C@@H](C(=O)NNC(=O)COc3ccccc3C)CC2=O)cc1. The lowest BCUT2D eigenvalue weighted by molar-refractivity contribution is -0.132. The Bertz CT molecular complexity index is 895. The zero-order chi connectivity index (χ0) is 20.8. The highest BCUT2D eigenvalue weighted by Gasteiger charge is 2.35. The van der Waals surface area contributed by atoms with E-state index in [4.69, 9.17) is 4.74 Å². The number of benzene rings is 2. The zero-order valence-corrected chi connectivity index (χ0v) is 16.6. The third-order valence-electron chi connectivity index (χ3n) is 4.93. The molecule has 7 nitrogen and oxygen atoms in total. The molecule has 1 fully saturated rings. The van der Waals surface area contributed by atoms with Crippen LogP contribution in [0.2, 0.25) is 0 Å². The molecule has 29 heavy (non-hydrogen) atoms. The lowest BCUT2D eigenvalue weighted by Gasteiger charge is -2.17. The summed E-state index contributed by atoms with van der Waals surface area (Å²) in [5.41, 5.74) is 7.61. The number of carbonyl (C=O) groups excluding carboxylic acids is 3. The van der Waals surface area contributed by atoms with Gasteiger partial charge in [0.2, 0.25) is 11.8 Å². The molecule has 152 valence electrons. The summed E-state index contributed by atoms with van der Waals surface area (Å²) in [6.45, 7) is 4.01. The molecule has 0 unspecified atom stereocenters. The molecule has 1 atom stereocenters. The van der Waals surface area contributed by atoms with E-state index in [1.165, 1.54) is 5.56 Å². The van der Waals surface area contributed by atoms with Gasteiger partial charge in [-0.15, -0.1) is 0 Å². The second-order valence-electron chi connectivity index (χ2n) is 7.02. The second-order valence-corrected chi connectivity index (χ2v) is 7.02. The number of amides is 3. The average Bonchev–Trinajstić information content (AvgIpc) is 3.13. The fourth-order valence-corrected chi connectivity index (χ4v) is 3.18. The standard InChI is InChI=1S/C22H25N3O4/c1-3-16-8-10-18(11-9-16)25-13-17(12-21(25)27)22(28)24-23-20(26)14-29-19-7-5-4-6-15(19)2/h4-11,17H,3,12-14H2,1-2H3,(H,23,26)(H,24,28)/t17-/m0/s1. The number of carbonyl (C=O) groups is 3. The van der Waals surface area contributed by atoms with Gasteiger partial charge in [0, 0.05) is 18.7 Å². The molecule has 0 spiro atoms. The van der Waals surface area contributed by atoms with Crippen LogP contribution in [-0.4, -0.2) is 30.9 Å². The minimum atomic E-state index is -0.522. The number of aryl methyl sites for hydroxylation is 2. The Morgan fingerprint density at radius 1 is 1.10 bits per heavy atom. The van der Waals surface area contributed by atoms with Crippen molar-refractivity contribution in [3.05, 3.63) is 59.7 Å². The first-order valence-electron chi connectivity index (χ1n) is 9.64. The van der Waals surface area contributed by atoms with E-state index >= 15 is 0 Å². The Labute approximate surface area is 170 Å². The summed E-state index contributed by atoms with van der Waals surface area (Å²) in [7, 11) is 0. The van der Waals surface area contributed by atoms with Crippen LogP contribution in [0.4, 0.5) is 5.69 Å². The molecular formula is C22H25N3O4. The van der Waals surface area contributed by atoms with Gasteiger partial charge in [0.25, 0.3) is 5.91 Å². The smallest absolute Gasteiger partial charge is 0.276 e. The topological polar surface area (TPSA) is 87.7 Å². The van der Waals surface area contributed by atoms with Crippen molar-refractivity contribution in [3.8, 4) is 5.75 Å². The molecule has 3 amide bonds. The molecule has 1 heterocycles. The van der Waals surface area contributed by atoms with Crippen molar-refractivity contribution in [2.45, 2.75) is 26.7 Å². The average molecular weight is 395 g/mol. The van der Waals surface area contributed by atoms with Gasteiger partial charge in [-0.3, -0.25) is 25.2 Å². The van der Waals surface area contributed by atoms with E-state index in [9.17, 15) is 14.4 Å². The Kier molecular flexibility index (Phi) is 6.49. The largest absolute Gasteiger partial charge is 0.483 e. The van der Waals surface area contributed by atoms with Crippen LogP contribution in [0.1, 0.15) is 24.5 Å². The van der Waals surface area contributed by atoms with Crippen LogP contribution in [0.25, 0.3) is 0 Å². The van der Waals surface area contributed by atoms with Crippen molar-refractivity contribution in [3.63, 3.8) is 0 Å². The summed E-state index contributed by atoms with van der Waals surface area (Å²) in [5, 5.41) is 0. The van der Waals surface area contributed by atoms with Gasteiger partial charge in [-0.25, -0.2) is 0 Å². The molecule has 1 aliphatic heterocycles. The lowest BCUT2D eigenvalue weighted by atomic mass is 10.1. The van der Waals surface area contributed by atoms with Crippen LogP contribution >= 0.6 is 0 Å². The molecule has 2 aromatic rings. The minimum absolute atomic E-state index is 0.108. The maximum atomic E-state index is 12.4. The van der Waals surface area contributed by atoms with E-state index in [0.29, 0.717) is 5.75 Å². The number of rotatable bonds is 6. The highest BCUT2D eigenvalue weighted by atomic mass is 16.5. The van der Waals surface area contributed by atoms with Crippen molar-refractivity contribution in [1.29, 1.82) is 0 Å². The maximum absolute atomic E-state index is 12.4. The monoisotopic (exact) mass is 395 g/mol. The Balaban J connectivity index is 1.47. The van der Waals surface area contributed by atoms with Crippen LogP contribution in [-0.2, 0) is 20.8 Å². The van der Waals surface area contributed by atoms with Gasteiger partial charge in [-0.2, -0.15) is 0 Å². The second kappa shape index (κ2) is 9.23. The van der Waals surface area contributed by atoms with Crippen LogP contribution in [0.5, 0.6) is 5.75 Å². The van der Waals surface area contributed by atoms with Crippen LogP contribution < -0.4 is 20.5 Å². The number of anilines is 1. The number of nitrogens with one attached hydrogen (secondary N) is 2. The molecule has 2 aromatic carbocycles. The van der Waals surface area contributed by atoms with Crippen LogP contribution in [0.15, 0.2) is 48.5 Å². The molecule has 0 aromatic heterocycles. The number of ether oxygens (including phenoxy) is 1. The first kappa shape index (κ1) is 20.4. The number of nitrogens with zero attached hydrogens (tertiary/aromatic N) is 1. The third kappa shape index (κ3) is 5.13. The molecule has 7 heteroatoms. The predicted molar refractivity (Wildman–Crippen MR) is 109 cm³/mol. The molecule has 3 rings (SSSR count). The number of hydrazine groups is 1. The first-order chi connectivity index (χ1) is 14.0. The molecule has 1 saturated heterocycles. The Hall–Kier alpha value is -3.35. The summed E-state index contributed by atoms with van der Waals surface area (Å²) in [5.74, 6) is -0.886. The fraction of sp³-hybridized carbons (Fsp3) is 0.318. The Morgan fingerprint density at radius 3 is 2.52 bits per heavy atom. The van der Waals surface area contributed by atoms with Crippen molar-refractivity contribution < 1.29 is 19.1 Å². The van der Waals surface area contributed by atoms with Crippen LogP contribution in [0, 0.1) is 12.8 Å². The predicted octanol–water partition coefficient (Wildman–Crippen LogP) is 2.14. The van der Waals surface area contributed by atoms with Gasteiger partial charge in [-0.05, 0) is 42.7 Å². The number of hydrogen-bond acceptors (Lipinski definition) is 4. The van der Waals surface area contributed by atoms with Crippen molar-refractivity contribution >= 4 is 23.4 Å². The molecule has 1 aliphatic rings. The van der Waals surface area contributed by atoms with E-state index in [1.807, 2.05) is 49.4 Å². The van der Waals surface area contributed by atoms with Gasteiger partial charge < -0.3 is 9.64 Å². The third-order valence-corrected chi connectivity index (χ3v) is 4.93. The summed E-state index contributed by atoms with van der Waals surface area (Å²) in [4.78, 5) is 38.2. The molecule has 2 N–H and O–H groups in total. The molecule has 0 aliphatic carbocycles. The molecule has 0 saturated carbocycles. The summed E-state index contributed by atoms with van der Waals surface area (Å²) >= 11 is 0. The lowest BCUT2D eigenvalue weighted by Crippen LogP contribution is -2.46. The molecular weight excluding hydrogens is 370 g/mol.